The summed E-state index contributed by atoms with van der Waals surface area (Å²) in [6.45, 7) is 4.32. The molecule has 2 aliphatic rings. The van der Waals surface area contributed by atoms with Crippen molar-refractivity contribution in [3.8, 4) is 0 Å². The minimum absolute atomic E-state index is 0.0421. The number of imide groups is 1. The standard InChI is InChI=1S/C18H22FN3O4/c1-3-12-10-21(8-9-26-12)15(23)11-22-16(24)18(2,20-17(22)25)13-6-4-5-7-14(13)19/h4-7,12H,3,8-11H2,1-2H3,(H,20,25)/t12-,18-/m1/s1. The summed E-state index contributed by atoms with van der Waals surface area (Å²) in [5.41, 5.74) is -1.45. The molecule has 1 aromatic rings. The van der Waals surface area contributed by atoms with Crippen LogP contribution in [0.4, 0.5) is 9.18 Å². The van der Waals surface area contributed by atoms with E-state index in [1.54, 1.807) is 11.0 Å². The lowest BCUT2D eigenvalue weighted by molar-refractivity contribution is -0.143. The number of hydrogen-bond acceptors (Lipinski definition) is 4. The first-order valence-electron chi connectivity index (χ1n) is 8.65. The molecule has 2 fully saturated rings. The second kappa shape index (κ2) is 7.03. The first-order valence-corrected chi connectivity index (χ1v) is 8.65. The Balaban J connectivity index is 1.75. The lowest BCUT2D eigenvalue weighted by Crippen LogP contribution is -2.50. The molecule has 26 heavy (non-hydrogen) atoms. The molecule has 2 atom stereocenters. The molecule has 0 radical (unpaired) electrons. The maximum Gasteiger partial charge on any atom is 0.325 e. The van der Waals surface area contributed by atoms with Gasteiger partial charge in [-0.05, 0) is 19.4 Å². The second-order valence-electron chi connectivity index (χ2n) is 6.67. The molecule has 7 nitrogen and oxygen atoms in total. The molecule has 3 rings (SSSR count). The van der Waals surface area contributed by atoms with Gasteiger partial charge in [0.25, 0.3) is 5.91 Å². The van der Waals surface area contributed by atoms with Gasteiger partial charge in [0.05, 0.1) is 12.7 Å². The summed E-state index contributed by atoms with van der Waals surface area (Å²) in [5, 5.41) is 2.52. The zero-order valence-electron chi connectivity index (χ0n) is 14.8. The maximum absolute atomic E-state index is 14.1. The molecule has 0 saturated carbocycles. The molecular formula is C18H22FN3O4. The van der Waals surface area contributed by atoms with E-state index in [-0.39, 0.29) is 24.1 Å². The quantitative estimate of drug-likeness (QED) is 0.816. The Bertz CT molecular complexity index is 741. The summed E-state index contributed by atoms with van der Waals surface area (Å²) in [4.78, 5) is 40.1. The summed E-state index contributed by atoms with van der Waals surface area (Å²) in [7, 11) is 0. The van der Waals surface area contributed by atoms with Crippen LogP contribution in [0.25, 0.3) is 0 Å². The summed E-state index contributed by atoms with van der Waals surface area (Å²) in [6.07, 6.45) is 0.734. The van der Waals surface area contributed by atoms with E-state index < -0.39 is 23.3 Å². The second-order valence-corrected chi connectivity index (χ2v) is 6.67. The first kappa shape index (κ1) is 18.3. The van der Waals surface area contributed by atoms with Crippen LogP contribution in [0, 0.1) is 5.82 Å². The smallest absolute Gasteiger partial charge is 0.325 e. The minimum Gasteiger partial charge on any atom is -0.375 e. The van der Waals surface area contributed by atoms with Gasteiger partial charge in [0.1, 0.15) is 17.9 Å². The Morgan fingerprint density at radius 2 is 2.12 bits per heavy atom. The number of benzene rings is 1. The van der Waals surface area contributed by atoms with Crippen molar-refractivity contribution < 1.29 is 23.5 Å². The molecule has 0 aliphatic carbocycles. The molecule has 2 heterocycles. The van der Waals surface area contributed by atoms with Gasteiger partial charge in [-0.2, -0.15) is 0 Å². The third kappa shape index (κ3) is 3.16. The SMILES string of the molecule is CC[C@@H]1CN(C(=O)CN2C(=O)N[C@](C)(c3ccccc3F)C2=O)CCO1. The fourth-order valence-corrected chi connectivity index (χ4v) is 3.32. The van der Waals surface area contributed by atoms with E-state index in [0.29, 0.717) is 19.7 Å². The zero-order valence-corrected chi connectivity index (χ0v) is 14.8. The van der Waals surface area contributed by atoms with Crippen LogP contribution in [-0.4, -0.2) is 60.0 Å². The molecule has 2 aliphatic heterocycles. The van der Waals surface area contributed by atoms with Gasteiger partial charge in [0.15, 0.2) is 0 Å². The normalized spacial score (nSPS) is 26.2. The summed E-state index contributed by atoms with van der Waals surface area (Å²) in [5.74, 6) is -1.55. The van der Waals surface area contributed by atoms with E-state index in [2.05, 4.69) is 5.32 Å². The fourth-order valence-electron chi connectivity index (χ4n) is 3.32. The van der Waals surface area contributed by atoms with Gasteiger partial charge in [0.2, 0.25) is 5.91 Å². The van der Waals surface area contributed by atoms with Gasteiger partial charge in [-0.15, -0.1) is 0 Å². The highest BCUT2D eigenvalue weighted by Crippen LogP contribution is 2.30. The van der Waals surface area contributed by atoms with E-state index in [1.807, 2.05) is 6.92 Å². The number of amides is 4. The van der Waals surface area contributed by atoms with Crippen molar-refractivity contribution >= 4 is 17.8 Å². The van der Waals surface area contributed by atoms with Gasteiger partial charge in [-0.25, -0.2) is 9.18 Å². The number of hydrogen-bond donors (Lipinski definition) is 1. The molecule has 0 spiro atoms. The number of urea groups is 1. The molecule has 0 bridgehead atoms. The highest BCUT2D eigenvalue weighted by atomic mass is 19.1. The third-order valence-electron chi connectivity index (χ3n) is 4.93. The number of nitrogens with one attached hydrogen (secondary N) is 1. The van der Waals surface area contributed by atoms with E-state index in [1.165, 1.54) is 25.1 Å². The summed E-state index contributed by atoms with van der Waals surface area (Å²) >= 11 is 0. The van der Waals surface area contributed by atoms with Crippen molar-refractivity contribution in [3.05, 3.63) is 35.6 Å². The average Bonchev–Trinajstić information content (AvgIpc) is 2.86. The van der Waals surface area contributed by atoms with Crippen LogP contribution in [-0.2, 0) is 19.9 Å². The van der Waals surface area contributed by atoms with Crippen LogP contribution in [0.3, 0.4) is 0 Å². The third-order valence-corrected chi connectivity index (χ3v) is 4.93. The molecule has 0 aromatic heterocycles. The Hall–Kier alpha value is -2.48. The van der Waals surface area contributed by atoms with Gasteiger partial charge in [-0.3, -0.25) is 14.5 Å². The number of nitrogens with zero attached hydrogens (tertiary/aromatic N) is 2. The van der Waals surface area contributed by atoms with E-state index in [0.717, 1.165) is 11.3 Å². The van der Waals surface area contributed by atoms with Crippen LogP contribution in [0.2, 0.25) is 0 Å². The number of morpholine rings is 1. The van der Waals surface area contributed by atoms with Crippen molar-refractivity contribution in [2.45, 2.75) is 31.9 Å². The Morgan fingerprint density at radius 1 is 1.38 bits per heavy atom. The summed E-state index contributed by atoms with van der Waals surface area (Å²) < 4.78 is 19.7. The molecule has 0 unspecified atom stereocenters. The number of halogens is 1. The molecule has 8 heteroatoms. The molecule has 1 N–H and O–H groups in total. The first-order chi connectivity index (χ1) is 12.4. The maximum atomic E-state index is 14.1. The van der Waals surface area contributed by atoms with E-state index in [9.17, 15) is 18.8 Å². The molecule has 4 amide bonds. The number of carbonyl (C=O) groups is 3. The highest BCUT2D eigenvalue weighted by molar-refractivity contribution is 6.09. The van der Waals surface area contributed by atoms with Crippen LogP contribution >= 0.6 is 0 Å². The van der Waals surface area contributed by atoms with Gasteiger partial charge < -0.3 is 15.0 Å². The lowest BCUT2D eigenvalue weighted by atomic mass is 9.91. The average molecular weight is 363 g/mol. The van der Waals surface area contributed by atoms with Crippen molar-refractivity contribution in [1.29, 1.82) is 0 Å². The molecule has 1 aromatic carbocycles. The molecular weight excluding hydrogens is 341 g/mol. The Labute approximate surface area is 151 Å². The summed E-state index contributed by atoms with van der Waals surface area (Å²) in [6, 6.07) is 5.08. The van der Waals surface area contributed by atoms with Crippen molar-refractivity contribution in [3.63, 3.8) is 0 Å². The van der Waals surface area contributed by atoms with Crippen LogP contribution in [0.15, 0.2) is 24.3 Å². The Kier molecular flexibility index (Phi) is 4.95. The van der Waals surface area contributed by atoms with Crippen molar-refractivity contribution in [2.24, 2.45) is 0 Å². The van der Waals surface area contributed by atoms with E-state index >= 15 is 0 Å². The highest BCUT2D eigenvalue weighted by Gasteiger charge is 2.50. The van der Waals surface area contributed by atoms with E-state index in [4.69, 9.17) is 4.74 Å². The topological polar surface area (TPSA) is 79.0 Å². The predicted molar refractivity (Wildman–Crippen MR) is 90.6 cm³/mol. The van der Waals surface area contributed by atoms with Crippen molar-refractivity contribution in [1.82, 2.24) is 15.1 Å². The number of rotatable bonds is 4. The Morgan fingerprint density at radius 3 is 2.81 bits per heavy atom. The molecule has 140 valence electrons. The monoisotopic (exact) mass is 363 g/mol. The van der Waals surface area contributed by atoms with Gasteiger partial charge in [0, 0.05) is 18.7 Å². The van der Waals surface area contributed by atoms with Gasteiger partial charge >= 0.3 is 6.03 Å². The minimum atomic E-state index is -1.53. The van der Waals surface area contributed by atoms with Crippen molar-refractivity contribution in [2.75, 3.05) is 26.2 Å². The van der Waals surface area contributed by atoms with Crippen LogP contribution in [0.5, 0.6) is 0 Å². The fraction of sp³-hybridized carbons (Fsp3) is 0.500. The van der Waals surface area contributed by atoms with Crippen LogP contribution in [0.1, 0.15) is 25.8 Å². The zero-order chi connectivity index (χ0) is 18.9. The number of carbonyl (C=O) groups excluding carboxylic acids is 3. The predicted octanol–water partition coefficient (Wildman–Crippen LogP) is 1.23. The van der Waals surface area contributed by atoms with Crippen LogP contribution < -0.4 is 5.32 Å². The number of ether oxygens (including phenoxy) is 1. The molecule has 2 saturated heterocycles. The lowest BCUT2D eigenvalue weighted by Gasteiger charge is -2.33. The largest absolute Gasteiger partial charge is 0.375 e. The van der Waals surface area contributed by atoms with Gasteiger partial charge in [-0.1, -0.05) is 25.1 Å².